The van der Waals surface area contributed by atoms with Gasteiger partial charge in [-0.1, -0.05) is 41.5 Å². The van der Waals surface area contributed by atoms with Gasteiger partial charge in [0.05, 0.1) is 0 Å². The second-order valence-electron chi connectivity index (χ2n) is 9.41. The summed E-state index contributed by atoms with van der Waals surface area (Å²) < 4.78 is 12.7. The Balaban J connectivity index is 4.62. The molecule has 0 aliphatic heterocycles. The summed E-state index contributed by atoms with van der Waals surface area (Å²) >= 11 is 0. The van der Waals surface area contributed by atoms with E-state index >= 15 is 0 Å². The van der Waals surface area contributed by atoms with Crippen LogP contribution in [0.3, 0.4) is 0 Å². The standard InChI is InChI=1S/C17H40O3Si2/c1-16(2,3)21(7,8)19-14-12-15(11-13-18)20-22(9,10)17(4,5)6/h15,18H,11-14H2,1-10H3/t15-/m1/s1. The minimum Gasteiger partial charge on any atom is -0.417 e. The molecule has 0 amide bonds. The van der Waals surface area contributed by atoms with E-state index in [0.29, 0.717) is 6.42 Å². The molecule has 0 aliphatic rings. The molecular formula is C17H40O3Si2. The molecule has 0 unspecified atom stereocenters. The van der Waals surface area contributed by atoms with Gasteiger partial charge in [-0.2, -0.15) is 0 Å². The van der Waals surface area contributed by atoms with Gasteiger partial charge in [0.15, 0.2) is 16.6 Å². The number of aliphatic hydroxyl groups excluding tert-OH is 1. The van der Waals surface area contributed by atoms with Crippen molar-refractivity contribution in [3.05, 3.63) is 0 Å². The van der Waals surface area contributed by atoms with Crippen molar-refractivity contribution >= 4 is 16.6 Å². The van der Waals surface area contributed by atoms with E-state index in [1.54, 1.807) is 0 Å². The molecule has 5 heteroatoms. The maximum atomic E-state index is 9.33. The SMILES string of the molecule is CC(C)(C)[Si](C)(C)OCC[C@@H](CCO)O[Si](C)(C)C(C)(C)C. The zero-order valence-corrected chi connectivity index (χ0v) is 18.7. The number of aliphatic hydroxyl groups is 1. The Morgan fingerprint density at radius 1 is 0.818 bits per heavy atom. The van der Waals surface area contributed by atoms with Crippen molar-refractivity contribution in [3.8, 4) is 0 Å². The average Bonchev–Trinajstić information content (AvgIpc) is 2.25. The monoisotopic (exact) mass is 348 g/mol. The molecule has 3 nitrogen and oxygen atoms in total. The lowest BCUT2D eigenvalue weighted by molar-refractivity contribution is 0.112. The highest BCUT2D eigenvalue weighted by molar-refractivity contribution is 6.74. The van der Waals surface area contributed by atoms with Crippen molar-refractivity contribution in [1.29, 1.82) is 0 Å². The van der Waals surface area contributed by atoms with Crippen molar-refractivity contribution < 1.29 is 14.0 Å². The van der Waals surface area contributed by atoms with Gasteiger partial charge in [0.1, 0.15) is 0 Å². The molecule has 22 heavy (non-hydrogen) atoms. The first kappa shape index (κ1) is 22.3. The number of hydrogen-bond acceptors (Lipinski definition) is 3. The van der Waals surface area contributed by atoms with Crippen LogP contribution >= 0.6 is 0 Å². The van der Waals surface area contributed by atoms with Crippen LogP contribution in [0.15, 0.2) is 0 Å². The maximum absolute atomic E-state index is 9.33. The summed E-state index contributed by atoms with van der Waals surface area (Å²) in [5.41, 5.74) is 0. The minimum absolute atomic E-state index is 0.107. The fraction of sp³-hybridized carbons (Fsp3) is 1.00. The van der Waals surface area contributed by atoms with Crippen LogP contribution in [-0.4, -0.2) is 41.1 Å². The van der Waals surface area contributed by atoms with Crippen LogP contribution in [0, 0.1) is 0 Å². The third kappa shape index (κ3) is 6.83. The lowest BCUT2D eigenvalue weighted by atomic mass is 10.2. The van der Waals surface area contributed by atoms with Crippen LogP contribution in [0.1, 0.15) is 54.4 Å². The molecule has 0 bridgehead atoms. The van der Waals surface area contributed by atoms with E-state index in [9.17, 15) is 5.11 Å². The van der Waals surface area contributed by atoms with E-state index in [-0.39, 0.29) is 22.8 Å². The Morgan fingerprint density at radius 3 is 1.64 bits per heavy atom. The third-order valence-electron chi connectivity index (χ3n) is 5.43. The molecule has 0 fully saturated rings. The summed E-state index contributed by atoms with van der Waals surface area (Å²) in [6, 6.07) is 0. The Morgan fingerprint density at radius 2 is 1.27 bits per heavy atom. The van der Waals surface area contributed by atoms with Crippen molar-refractivity contribution in [3.63, 3.8) is 0 Å². The van der Waals surface area contributed by atoms with Gasteiger partial charge in [-0.25, -0.2) is 0 Å². The van der Waals surface area contributed by atoms with Crippen LogP contribution in [0.25, 0.3) is 0 Å². The summed E-state index contributed by atoms with van der Waals surface area (Å²) in [6.45, 7) is 23.5. The largest absolute Gasteiger partial charge is 0.417 e. The minimum atomic E-state index is -1.79. The molecule has 0 aliphatic carbocycles. The molecule has 0 spiro atoms. The van der Waals surface area contributed by atoms with Crippen LogP contribution in [0.2, 0.25) is 36.3 Å². The highest BCUT2D eigenvalue weighted by Crippen LogP contribution is 2.39. The topological polar surface area (TPSA) is 38.7 Å². The van der Waals surface area contributed by atoms with Gasteiger partial charge >= 0.3 is 0 Å². The van der Waals surface area contributed by atoms with Crippen LogP contribution < -0.4 is 0 Å². The smallest absolute Gasteiger partial charge is 0.192 e. The van der Waals surface area contributed by atoms with Gasteiger partial charge < -0.3 is 14.0 Å². The maximum Gasteiger partial charge on any atom is 0.192 e. The van der Waals surface area contributed by atoms with Crippen molar-refractivity contribution in [1.82, 2.24) is 0 Å². The Bertz CT molecular complexity index is 328. The van der Waals surface area contributed by atoms with Crippen LogP contribution in [0.5, 0.6) is 0 Å². The highest BCUT2D eigenvalue weighted by atomic mass is 28.4. The van der Waals surface area contributed by atoms with E-state index in [1.165, 1.54) is 0 Å². The van der Waals surface area contributed by atoms with Crippen molar-refractivity contribution in [2.24, 2.45) is 0 Å². The average molecular weight is 349 g/mol. The van der Waals surface area contributed by atoms with Gasteiger partial charge in [0.25, 0.3) is 0 Å². The zero-order chi connectivity index (χ0) is 17.8. The molecule has 0 radical (unpaired) electrons. The van der Waals surface area contributed by atoms with E-state index in [2.05, 4.69) is 67.7 Å². The number of hydrogen-bond donors (Lipinski definition) is 1. The molecule has 134 valence electrons. The lowest BCUT2D eigenvalue weighted by Crippen LogP contribution is -2.45. The summed E-state index contributed by atoms with van der Waals surface area (Å²) in [7, 11) is -3.49. The summed E-state index contributed by atoms with van der Waals surface area (Å²) in [4.78, 5) is 0. The molecule has 0 heterocycles. The summed E-state index contributed by atoms with van der Waals surface area (Å²) in [5.74, 6) is 0. The van der Waals surface area contributed by atoms with Gasteiger partial charge in [-0.05, 0) is 49.1 Å². The molecular weight excluding hydrogens is 308 g/mol. The fourth-order valence-electron chi connectivity index (χ4n) is 1.66. The quantitative estimate of drug-likeness (QED) is 0.615. The predicted octanol–water partition coefficient (Wildman–Crippen LogP) is 5.17. The molecule has 0 aromatic carbocycles. The first-order valence-electron chi connectivity index (χ1n) is 8.57. The Kier molecular flexibility index (Phi) is 8.04. The molecule has 0 aromatic rings. The molecule has 1 N–H and O–H groups in total. The summed E-state index contributed by atoms with van der Waals surface area (Å²) in [6.07, 6.45) is 1.68. The second kappa shape index (κ2) is 7.92. The Labute approximate surface area is 141 Å². The lowest BCUT2D eigenvalue weighted by Gasteiger charge is -2.40. The first-order valence-corrected chi connectivity index (χ1v) is 14.4. The third-order valence-corrected chi connectivity index (χ3v) is 14.5. The van der Waals surface area contributed by atoms with Gasteiger partial charge in [-0.3, -0.25) is 0 Å². The van der Waals surface area contributed by atoms with E-state index in [4.69, 9.17) is 8.85 Å². The second-order valence-corrected chi connectivity index (χ2v) is 19.0. The van der Waals surface area contributed by atoms with Crippen molar-refractivity contribution in [2.75, 3.05) is 13.2 Å². The molecule has 0 saturated heterocycles. The zero-order valence-electron chi connectivity index (χ0n) is 16.7. The van der Waals surface area contributed by atoms with Crippen molar-refractivity contribution in [2.45, 2.75) is 96.8 Å². The summed E-state index contributed by atoms with van der Waals surface area (Å²) in [5, 5.41) is 9.76. The Hall–Kier alpha value is 0.314. The number of rotatable bonds is 8. The van der Waals surface area contributed by atoms with Gasteiger partial charge in [0, 0.05) is 19.3 Å². The molecule has 1 atom stereocenters. The van der Waals surface area contributed by atoms with Gasteiger partial charge in [-0.15, -0.1) is 0 Å². The van der Waals surface area contributed by atoms with Crippen LogP contribution in [0.4, 0.5) is 0 Å². The molecule has 0 aromatic heterocycles. The highest BCUT2D eigenvalue weighted by Gasteiger charge is 2.40. The van der Waals surface area contributed by atoms with E-state index < -0.39 is 16.6 Å². The first-order chi connectivity index (χ1) is 9.64. The molecule has 0 rings (SSSR count). The normalized spacial score (nSPS) is 16.0. The predicted molar refractivity (Wildman–Crippen MR) is 102 cm³/mol. The van der Waals surface area contributed by atoms with Crippen LogP contribution in [-0.2, 0) is 8.85 Å². The fourth-order valence-corrected chi connectivity index (χ4v) is 4.15. The van der Waals surface area contributed by atoms with E-state index in [0.717, 1.165) is 13.0 Å². The van der Waals surface area contributed by atoms with Gasteiger partial charge in [0.2, 0.25) is 0 Å². The molecule has 0 saturated carbocycles. The van der Waals surface area contributed by atoms with E-state index in [1.807, 2.05) is 0 Å².